The Labute approximate surface area is 148 Å². The first-order chi connectivity index (χ1) is 12.7. The number of aromatic nitrogens is 6. The van der Waals surface area contributed by atoms with E-state index in [0.717, 1.165) is 12.1 Å². The van der Waals surface area contributed by atoms with Crippen molar-refractivity contribution in [3.63, 3.8) is 0 Å². The molecule has 1 aliphatic rings. The van der Waals surface area contributed by atoms with E-state index in [1.165, 1.54) is 0 Å². The fraction of sp³-hybridized carbons (Fsp3) is 0.467. The fourth-order valence-electron chi connectivity index (χ4n) is 3.01. The Bertz CT molecular complexity index is 881. The van der Waals surface area contributed by atoms with Crippen LogP contribution >= 0.6 is 0 Å². The number of imidazole rings is 2. The maximum Gasteiger partial charge on any atom is 0.226 e. The number of aromatic amines is 1. The summed E-state index contributed by atoms with van der Waals surface area (Å²) < 4.78 is 7.38. The highest BCUT2D eigenvalue weighted by molar-refractivity contribution is 5.82. The van der Waals surface area contributed by atoms with Crippen molar-refractivity contribution < 1.29 is 14.9 Å². The van der Waals surface area contributed by atoms with Crippen LogP contribution < -0.4 is 11.1 Å². The number of rotatable bonds is 6. The second-order valence-electron chi connectivity index (χ2n) is 6.12. The predicted octanol–water partition coefficient (Wildman–Crippen LogP) is -0.573. The number of aliphatic hydroxyl groups is 2. The van der Waals surface area contributed by atoms with Crippen molar-refractivity contribution in [1.82, 2.24) is 29.5 Å². The van der Waals surface area contributed by atoms with E-state index < -0.39 is 18.4 Å². The van der Waals surface area contributed by atoms with Crippen molar-refractivity contribution in [2.75, 3.05) is 24.2 Å². The summed E-state index contributed by atoms with van der Waals surface area (Å²) in [6.07, 6.45) is 4.18. The van der Waals surface area contributed by atoms with Crippen molar-refractivity contribution >= 4 is 22.9 Å². The van der Waals surface area contributed by atoms with Crippen molar-refractivity contribution in [1.29, 1.82) is 0 Å². The molecule has 11 heteroatoms. The first-order valence-corrected chi connectivity index (χ1v) is 8.31. The van der Waals surface area contributed by atoms with E-state index >= 15 is 0 Å². The van der Waals surface area contributed by atoms with Crippen LogP contribution in [0.5, 0.6) is 0 Å². The summed E-state index contributed by atoms with van der Waals surface area (Å²) in [6, 6.07) is 0. The number of fused-ring (bicyclic) bond motifs is 1. The van der Waals surface area contributed by atoms with Crippen LogP contribution in [0.2, 0.25) is 0 Å². The maximum atomic E-state index is 9.95. The monoisotopic (exact) mass is 360 g/mol. The number of ether oxygens (including phenoxy) is 1. The zero-order chi connectivity index (χ0) is 18.1. The molecule has 138 valence electrons. The smallest absolute Gasteiger partial charge is 0.226 e. The lowest BCUT2D eigenvalue weighted by atomic mass is 10.2. The zero-order valence-corrected chi connectivity index (χ0v) is 13.9. The molecule has 0 aromatic carbocycles. The van der Waals surface area contributed by atoms with Gasteiger partial charge in [0.25, 0.3) is 0 Å². The molecule has 6 N–H and O–H groups in total. The van der Waals surface area contributed by atoms with Crippen LogP contribution in [0.25, 0.3) is 11.2 Å². The van der Waals surface area contributed by atoms with Gasteiger partial charge in [-0.15, -0.1) is 0 Å². The molecule has 0 unspecified atom stereocenters. The Morgan fingerprint density at radius 1 is 1.42 bits per heavy atom. The predicted molar refractivity (Wildman–Crippen MR) is 92.1 cm³/mol. The number of H-pyrrole nitrogens is 1. The molecule has 1 aliphatic heterocycles. The average Bonchev–Trinajstić information content (AvgIpc) is 3.34. The molecule has 26 heavy (non-hydrogen) atoms. The largest absolute Gasteiger partial charge is 0.394 e. The summed E-state index contributed by atoms with van der Waals surface area (Å²) in [7, 11) is 0. The summed E-state index contributed by atoms with van der Waals surface area (Å²) in [5.74, 6) is 0.642. The van der Waals surface area contributed by atoms with E-state index in [9.17, 15) is 10.2 Å². The van der Waals surface area contributed by atoms with Gasteiger partial charge in [0.15, 0.2) is 11.5 Å². The lowest BCUT2D eigenvalue weighted by Gasteiger charge is -2.14. The summed E-state index contributed by atoms with van der Waals surface area (Å²) in [6.45, 7) is 0.355. The normalized spacial score (nSPS) is 22.9. The van der Waals surface area contributed by atoms with Crippen LogP contribution in [0.3, 0.4) is 0 Å². The highest BCUT2D eigenvalue weighted by Crippen LogP contribution is 2.31. The van der Waals surface area contributed by atoms with Crippen LogP contribution in [-0.2, 0) is 11.2 Å². The highest BCUT2D eigenvalue weighted by Gasteiger charge is 2.35. The molecule has 0 amide bonds. The topological polar surface area (TPSA) is 160 Å². The molecular weight excluding hydrogens is 340 g/mol. The number of anilines is 2. The van der Waals surface area contributed by atoms with Gasteiger partial charge in [-0.1, -0.05) is 0 Å². The Morgan fingerprint density at radius 2 is 2.31 bits per heavy atom. The lowest BCUT2D eigenvalue weighted by Crippen LogP contribution is -2.24. The fourth-order valence-corrected chi connectivity index (χ4v) is 3.01. The van der Waals surface area contributed by atoms with E-state index in [0.29, 0.717) is 30.1 Å². The molecule has 0 aliphatic carbocycles. The molecular formula is C15H20N8O3. The van der Waals surface area contributed by atoms with Gasteiger partial charge in [0.1, 0.15) is 17.8 Å². The van der Waals surface area contributed by atoms with Crippen molar-refractivity contribution in [2.45, 2.75) is 31.3 Å². The minimum absolute atomic E-state index is 0.248. The van der Waals surface area contributed by atoms with Gasteiger partial charge < -0.3 is 31.0 Å². The minimum atomic E-state index is -0.742. The molecule has 0 spiro atoms. The molecule has 1 fully saturated rings. The second kappa shape index (κ2) is 6.86. The summed E-state index contributed by atoms with van der Waals surface area (Å²) in [4.78, 5) is 20.0. The number of hydrogen-bond donors (Lipinski definition) is 5. The molecule has 4 heterocycles. The van der Waals surface area contributed by atoms with Crippen molar-refractivity contribution in [3.05, 3.63) is 24.5 Å². The lowest BCUT2D eigenvalue weighted by molar-refractivity contribution is -0.0432. The van der Waals surface area contributed by atoms with Gasteiger partial charge in [-0.2, -0.15) is 9.97 Å². The van der Waals surface area contributed by atoms with Gasteiger partial charge >= 0.3 is 0 Å². The number of nitrogen functional groups attached to an aromatic ring is 1. The molecule has 11 nitrogen and oxygen atoms in total. The average molecular weight is 360 g/mol. The molecule has 0 bridgehead atoms. The minimum Gasteiger partial charge on any atom is -0.394 e. The number of hydrogen-bond acceptors (Lipinski definition) is 9. The number of nitrogens with one attached hydrogen (secondary N) is 2. The van der Waals surface area contributed by atoms with Gasteiger partial charge in [-0.25, -0.2) is 9.97 Å². The first kappa shape index (κ1) is 16.7. The van der Waals surface area contributed by atoms with E-state index in [1.54, 1.807) is 23.4 Å². The molecule has 0 radical (unpaired) electrons. The SMILES string of the molecule is Nc1nc(NCCc2cnc[nH]2)nc2c1ncn2[C@H]1C[C@H](O)[C@@H](CO)O1. The second-order valence-corrected chi connectivity index (χ2v) is 6.12. The van der Waals surface area contributed by atoms with Crippen LogP contribution in [-0.4, -0.2) is 65.1 Å². The van der Waals surface area contributed by atoms with Gasteiger partial charge in [-0.3, -0.25) is 4.57 Å². The molecule has 3 aromatic rings. The van der Waals surface area contributed by atoms with Crippen LogP contribution in [0.15, 0.2) is 18.9 Å². The molecule has 0 saturated carbocycles. The summed E-state index contributed by atoms with van der Waals surface area (Å²) in [5, 5.41) is 22.3. The highest BCUT2D eigenvalue weighted by atomic mass is 16.5. The van der Waals surface area contributed by atoms with Crippen LogP contribution in [0.1, 0.15) is 18.3 Å². The Hall–Kier alpha value is -2.76. The quantitative estimate of drug-likeness (QED) is 0.387. The maximum absolute atomic E-state index is 9.95. The van der Waals surface area contributed by atoms with Gasteiger partial charge in [0.2, 0.25) is 5.95 Å². The third kappa shape index (κ3) is 3.07. The van der Waals surface area contributed by atoms with Gasteiger partial charge in [0, 0.05) is 31.3 Å². The van der Waals surface area contributed by atoms with Crippen LogP contribution in [0, 0.1) is 0 Å². The standard InChI is InChI=1S/C15H20N8O3/c16-13-12-14(22-15(21-13)18-2-1-8-4-17-6-19-8)23(7-20-12)11-3-9(25)10(5-24)26-11/h4,6-7,9-11,24-25H,1-3,5H2,(H,17,19)(H3,16,18,21,22)/t9-,10+,11+/m0/s1. The molecule has 4 rings (SSSR count). The summed E-state index contributed by atoms with van der Waals surface area (Å²) >= 11 is 0. The third-order valence-electron chi connectivity index (χ3n) is 4.38. The Kier molecular flexibility index (Phi) is 4.41. The van der Waals surface area contributed by atoms with E-state index in [4.69, 9.17) is 10.5 Å². The van der Waals surface area contributed by atoms with Gasteiger partial charge in [-0.05, 0) is 0 Å². The Morgan fingerprint density at radius 3 is 3.04 bits per heavy atom. The van der Waals surface area contributed by atoms with E-state index in [-0.39, 0.29) is 12.4 Å². The van der Waals surface area contributed by atoms with Gasteiger partial charge in [0.05, 0.1) is 25.4 Å². The number of aliphatic hydroxyl groups excluding tert-OH is 2. The van der Waals surface area contributed by atoms with Crippen molar-refractivity contribution in [2.24, 2.45) is 0 Å². The Balaban J connectivity index is 1.55. The number of nitrogens with zero attached hydrogens (tertiary/aromatic N) is 5. The zero-order valence-electron chi connectivity index (χ0n) is 13.9. The summed E-state index contributed by atoms with van der Waals surface area (Å²) in [5.41, 5.74) is 7.98. The molecule has 3 atom stereocenters. The number of nitrogens with two attached hydrogens (primary N) is 1. The first-order valence-electron chi connectivity index (χ1n) is 8.31. The molecule has 1 saturated heterocycles. The van der Waals surface area contributed by atoms with E-state index in [1.807, 2.05) is 0 Å². The molecule has 3 aromatic heterocycles. The van der Waals surface area contributed by atoms with Crippen LogP contribution in [0.4, 0.5) is 11.8 Å². The van der Waals surface area contributed by atoms with Crippen molar-refractivity contribution in [3.8, 4) is 0 Å². The third-order valence-corrected chi connectivity index (χ3v) is 4.38. The van der Waals surface area contributed by atoms with E-state index in [2.05, 4.69) is 30.2 Å².